The minimum atomic E-state index is -2.44. The van der Waals surface area contributed by atoms with Crippen molar-refractivity contribution in [1.82, 2.24) is 0 Å². The van der Waals surface area contributed by atoms with E-state index >= 15 is 0 Å². The van der Waals surface area contributed by atoms with Gasteiger partial charge in [0.05, 0.1) is 12.7 Å². The van der Waals surface area contributed by atoms with Crippen LogP contribution in [-0.2, 0) is 9.16 Å². The number of epoxide rings is 1. The molecule has 1 heterocycles. The number of ether oxygens (including phenoxy) is 1. The lowest BCUT2D eigenvalue weighted by molar-refractivity contribution is 0.237. The molecule has 0 unspecified atom stereocenters. The summed E-state index contributed by atoms with van der Waals surface area (Å²) in [5.41, 5.74) is 0. The van der Waals surface area contributed by atoms with Crippen LogP contribution in [0.15, 0.2) is 60.7 Å². The summed E-state index contributed by atoms with van der Waals surface area (Å²) in [6.45, 7) is 7.59. The van der Waals surface area contributed by atoms with Gasteiger partial charge in [-0.3, -0.25) is 0 Å². The van der Waals surface area contributed by atoms with E-state index in [4.69, 9.17) is 14.3 Å². The van der Waals surface area contributed by atoms with Gasteiger partial charge in [0.15, 0.2) is 0 Å². The molecule has 1 N–H and O–H groups in total. The van der Waals surface area contributed by atoms with Gasteiger partial charge in [-0.2, -0.15) is 0 Å². The molecule has 2 aromatic rings. The Morgan fingerprint density at radius 1 is 0.920 bits per heavy atom. The van der Waals surface area contributed by atoms with Crippen LogP contribution in [0.4, 0.5) is 0 Å². The van der Waals surface area contributed by atoms with E-state index < -0.39 is 8.32 Å². The standard InChI is InChI=1S/C21H28O3Si/c1-21(2,3)25(17-10-6-4-7-11-17,18-12-8-5-9-13-18)23-15-14-19-20(16-22)24-19/h4-13,19-20,22H,14-16H2,1-3H3/t19-,20+/m1/s1. The molecule has 3 nitrogen and oxygen atoms in total. The minimum absolute atomic E-state index is 0.00255. The van der Waals surface area contributed by atoms with Gasteiger partial charge in [0.2, 0.25) is 0 Å². The fourth-order valence-corrected chi connectivity index (χ4v) is 8.26. The molecule has 3 rings (SSSR count). The first-order valence-electron chi connectivity index (χ1n) is 9.00. The van der Waals surface area contributed by atoms with E-state index in [2.05, 4.69) is 81.4 Å². The van der Waals surface area contributed by atoms with Crippen molar-refractivity contribution in [2.24, 2.45) is 0 Å². The second kappa shape index (κ2) is 7.42. The number of aliphatic hydroxyl groups excluding tert-OH is 1. The molecule has 0 bridgehead atoms. The Morgan fingerprint density at radius 2 is 1.44 bits per heavy atom. The van der Waals surface area contributed by atoms with Gasteiger partial charge in [0.1, 0.15) is 6.10 Å². The van der Waals surface area contributed by atoms with Crippen molar-refractivity contribution in [3.8, 4) is 0 Å². The van der Waals surface area contributed by atoms with E-state index in [1.165, 1.54) is 10.4 Å². The molecule has 4 heteroatoms. The highest BCUT2D eigenvalue weighted by Gasteiger charge is 2.50. The third kappa shape index (κ3) is 3.72. The summed E-state index contributed by atoms with van der Waals surface area (Å²) in [7, 11) is -2.44. The molecule has 1 saturated heterocycles. The molecule has 2 atom stereocenters. The summed E-state index contributed by atoms with van der Waals surface area (Å²) in [6, 6.07) is 21.3. The number of benzene rings is 2. The van der Waals surface area contributed by atoms with E-state index in [0.717, 1.165) is 6.42 Å². The van der Waals surface area contributed by atoms with Gasteiger partial charge in [-0.25, -0.2) is 0 Å². The maximum Gasteiger partial charge on any atom is 0.261 e. The van der Waals surface area contributed by atoms with Crippen LogP contribution in [0, 0.1) is 0 Å². The lowest BCUT2D eigenvalue weighted by atomic mass is 10.2. The van der Waals surface area contributed by atoms with Crippen LogP contribution in [0.25, 0.3) is 0 Å². The summed E-state index contributed by atoms with van der Waals surface area (Å²) < 4.78 is 12.3. The smallest absolute Gasteiger partial charge is 0.261 e. The van der Waals surface area contributed by atoms with Crippen molar-refractivity contribution in [1.29, 1.82) is 0 Å². The quantitative estimate of drug-likeness (QED) is 0.613. The summed E-state index contributed by atoms with van der Waals surface area (Å²) in [4.78, 5) is 0. The molecule has 0 aromatic heterocycles. The van der Waals surface area contributed by atoms with Gasteiger partial charge in [-0.15, -0.1) is 0 Å². The molecule has 134 valence electrons. The predicted octanol–water partition coefficient (Wildman–Crippen LogP) is 2.71. The fourth-order valence-electron chi connectivity index (χ4n) is 3.68. The van der Waals surface area contributed by atoms with Crippen molar-refractivity contribution < 1.29 is 14.3 Å². The fraction of sp³-hybridized carbons (Fsp3) is 0.429. The van der Waals surface area contributed by atoms with Gasteiger partial charge >= 0.3 is 0 Å². The van der Waals surface area contributed by atoms with Crippen LogP contribution in [0.2, 0.25) is 5.04 Å². The van der Waals surface area contributed by atoms with E-state index in [1.54, 1.807) is 0 Å². The number of hydrogen-bond acceptors (Lipinski definition) is 3. The Labute approximate surface area is 151 Å². The molecule has 0 aliphatic carbocycles. The lowest BCUT2D eigenvalue weighted by Gasteiger charge is -2.43. The normalized spacial score (nSPS) is 20.5. The maximum atomic E-state index is 9.16. The number of rotatable bonds is 7. The predicted molar refractivity (Wildman–Crippen MR) is 104 cm³/mol. The molecule has 0 amide bonds. The topological polar surface area (TPSA) is 42.0 Å². The molecular weight excluding hydrogens is 328 g/mol. The average molecular weight is 357 g/mol. The summed E-state index contributed by atoms with van der Waals surface area (Å²) in [6.07, 6.45) is 0.974. The number of hydrogen-bond donors (Lipinski definition) is 1. The minimum Gasteiger partial charge on any atom is -0.407 e. The van der Waals surface area contributed by atoms with Crippen molar-refractivity contribution in [3.05, 3.63) is 60.7 Å². The van der Waals surface area contributed by atoms with Crippen molar-refractivity contribution in [3.63, 3.8) is 0 Å². The van der Waals surface area contributed by atoms with Crippen LogP contribution < -0.4 is 10.4 Å². The van der Waals surface area contributed by atoms with Gasteiger partial charge in [-0.05, 0) is 21.8 Å². The van der Waals surface area contributed by atoms with Gasteiger partial charge in [0.25, 0.3) is 8.32 Å². The van der Waals surface area contributed by atoms with Crippen LogP contribution in [0.1, 0.15) is 27.2 Å². The molecule has 0 spiro atoms. The van der Waals surface area contributed by atoms with E-state index in [9.17, 15) is 0 Å². The highest BCUT2D eigenvalue weighted by molar-refractivity contribution is 6.99. The van der Waals surface area contributed by atoms with E-state index in [-0.39, 0.29) is 23.9 Å². The molecule has 1 aliphatic rings. The van der Waals surface area contributed by atoms with Crippen LogP contribution in [-0.4, -0.2) is 38.8 Å². The summed E-state index contributed by atoms with van der Waals surface area (Å²) >= 11 is 0. The third-order valence-electron chi connectivity index (χ3n) is 5.01. The molecule has 0 radical (unpaired) electrons. The van der Waals surface area contributed by atoms with Gasteiger partial charge < -0.3 is 14.3 Å². The first-order valence-corrected chi connectivity index (χ1v) is 10.9. The van der Waals surface area contributed by atoms with Crippen molar-refractivity contribution >= 4 is 18.7 Å². The third-order valence-corrected chi connectivity index (χ3v) is 10.0. The van der Waals surface area contributed by atoms with E-state index in [1.807, 2.05) is 0 Å². The molecule has 25 heavy (non-hydrogen) atoms. The Bertz CT molecular complexity index is 627. The maximum absolute atomic E-state index is 9.16. The Hall–Kier alpha value is -1.46. The molecule has 1 aliphatic heterocycles. The highest BCUT2D eigenvalue weighted by atomic mass is 28.4. The molecule has 2 aromatic carbocycles. The van der Waals surface area contributed by atoms with E-state index in [0.29, 0.717) is 6.61 Å². The molecule has 0 saturated carbocycles. The zero-order valence-electron chi connectivity index (χ0n) is 15.3. The Kier molecular flexibility index (Phi) is 5.44. The Morgan fingerprint density at radius 3 is 1.84 bits per heavy atom. The molecular formula is C21H28O3Si. The van der Waals surface area contributed by atoms with Gasteiger partial charge in [-0.1, -0.05) is 81.4 Å². The first kappa shape index (κ1) is 18.3. The van der Waals surface area contributed by atoms with Crippen LogP contribution >= 0.6 is 0 Å². The van der Waals surface area contributed by atoms with Crippen molar-refractivity contribution in [2.75, 3.05) is 13.2 Å². The second-order valence-corrected chi connectivity index (χ2v) is 12.0. The van der Waals surface area contributed by atoms with Crippen molar-refractivity contribution in [2.45, 2.75) is 44.4 Å². The second-order valence-electron chi connectivity index (χ2n) is 7.70. The summed E-state index contributed by atoms with van der Waals surface area (Å²) in [5.74, 6) is 0. The average Bonchev–Trinajstić information content (AvgIpc) is 3.38. The largest absolute Gasteiger partial charge is 0.407 e. The first-order chi connectivity index (χ1) is 12.0. The molecule has 1 fully saturated rings. The Balaban J connectivity index is 1.94. The number of aliphatic hydroxyl groups is 1. The van der Waals surface area contributed by atoms with Crippen LogP contribution in [0.3, 0.4) is 0 Å². The van der Waals surface area contributed by atoms with Gasteiger partial charge in [0, 0.05) is 6.61 Å². The lowest BCUT2D eigenvalue weighted by Crippen LogP contribution is -2.66. The summed E-state index contributed by atoms with van der Waals surface area (Å²) in [5, 5.41) is 11.8. The monoisotopic (exact) mass is 356 g/mol. The zero-order chi connectivity index (χ0) is 17.9. The SMILES string of the molecule is CC(C)(C)[Si](OCC[C@H]1O[C@H]1CO)(c1ccccc1)c1ccccc1. The highest BCUT2D eigenvalue weighted by Crippen LogP contribution is 2.37. The van der Waals surface area contributed by atoms with Crippen LogP contribution in [0.5, 0.6) is 0 Å². The zero-order valence-corrected chi connectivity index (χ0v) is 16.3.